The first-order valence-electron chi connectivity index (χ1n) is 4.65. The Hall–Kier alpha value is -1.71. The Balaban J connectivity index is 3.01. The molecule has 0 heterocycles. The Morgan fingerprint density at radius 3 is 2.40 bits per heavy atom. The van der Waals surface area contributed by atoms with Crippen LogP contribution in [0, 0.1) is 6.92 Å². The molecule has 1 aromatic rings. The second kappa shape index (κ2) is 4.21. The van der Waals surface area contributed by atoms with Crippen LogP contribution in [0.3, 0.4) is 0 Å². The van der Waals surface area contributed by atoms with Crippen molar-refractivity contribution >= 4 is 5.97 Å². The minimum atomic E-state index is -0.511. The van der Waals surface area contributed by atoms with Crippen LogP contribution >= 0.6 is 0 Å². The van der Waals surface area contributed by atoms with Crippen LogP contribution < -0.4 is 0 Å². The van der Waals surface area contributed by atoms with Gasteiger partial charge >= 0.3 is 5.97 Å². The Bertz CT molecular complexity index is 359. The summed E-state index contributed by atoms with van der Waals surface area (Å²) >= 11 is 0. The van der Waals surface area contributed by atoms with E-state index in [0.717, 1.165) is 0 Å². The monoisotopic (exact) mass is 210 g/mol. The van der Waals surface area contributed by atoms with Gasteiger partial charge in [0.25, 0.3) is 0 Å². The number of ether oxygens (including phenoxy) is 1. The standard InChI is InChI=1S/C11H14O4/c1-6(2)15-11(14)8-4-7(3)10(13)9(12)5-8/h4-6,12-13H,1-3H3. The third kappa shape index (κ3) is 2.62. The zero-order valence-corrected chi connectivity index (χ0v) is 8.94. The number of carbonyl (C=O) groups is 1. The molecule has 0 aromatic heterocycles. The number of aryl methyl sites for hydroxylation is 1. The van der Waals surface area contributed by atoms with Crippen LogP contribution in [0.1, 0.15) is 29.8 Å². The average Bonchev–Trinajstić information content (AvgIpc) is 2.12. The van der Waals surface area contributed by atoms with Crippen molar-refractivity contribution in [2.75, 3.05) is 0 Å². The second-order valence-electron chi connectivity index (χ2n) is 3.61. The predicted molar refractivity (Wildman–Crippen MR) is 55.1 cm³/mol. The van der Waals surface area contributed by atoms with E-state index >= 15 is 0 Å². The van der Waals surface area contributed by atoms with E-state index in [1.165, 1.54) is 12.1 Å². The quantitative estimate of drug-likeness (QED) is 0.578. The molecule has 0 aliphatic heterocycles. The molecule has 0 spiro atoms. The van der Waals surface area contributed by atoms with Gasteiger partial charge in [-0.3, -0.25) is 0 Å². The molecule has 4 heteroatoms. The SMILES string of the molecule is Cc1cc(C(=O)OC(C)C)cc(O)c1O. The van der Waals surface area contributed by atoms with Crippen LogP contribution in [-0.4, -0.2) is 22.3 Å². The molecular weight excluding hydrogens is 196 g/mol. The fourth-order valence-corrected chi connectivity index (χ4v) is 1.16. The van der Waals surface area contributed by atoms with Crippen molar-refractivity contribution in [1.29, 1.82) is 0 Å². The van der Waals surface area contributed by atoms with Gasteiger partial charge in [0.15, 0.2) is 11.5 Å². The number of hydrogen-bond donors (Lipinski definition) is 2. The van der Waals surface area contributed by atoms with Gasteiger partial charge in [0.1, 0.15) is 0 Å². The average molecular weight is 210 g/mol. The first-order valence-corrected chi connectivity index (χ1v) is 4.65. The summed E-state index contributed by atoms with van der Waals surface area (Å²) in [5, 5.41) is 18.6. The molecule has 0 atom stereocenters. The molecule has 0 saturated heterocycles. The molecule has 0 aliphatic rings. The number of aromatic hydroxyl groups is 2. The Labute approximate surface area is 88.1 Å². The van der Waals surface area contributed by atoms with Crippen molar-refractivity contribution in [1.82, 2.24) is 0 Å². The number of phenols is 2. The number of phenolic OH excluding ortho intramolecular Hbond substituents is 2. The Morgan fingerprint density at radius 2 is 1.93 bits per heavy atom. The van der Waals surface area contributed by atoms with Crippen molar-refractivity contribution in [3.63, 3.8) is 0 Å². The molecule has 82 valence electrons. The summed E-state index contributed by atoms with van der Waals surface area (Å²) in [5.41, 5.74) is 0.669. The predicted octanol–water partition coefficient (Wildman–Crippen LogP) is 1.97. The minimum Gasteiger partial charge on any atom is -0.504 e. The van der Waals surface area contributed by atoms with E-state index in [0.29, 0.717) is 5.56 Å². The maximum atomic E-state index is 11.5. The van der Waals surface area contributed by atoms with E-state index in [9.17, 15) is 15.0 Å². The summed E-state index contributed by atoms with van der Waals surface area (Å²) in [6.45, 7) is 5.08. The van der Waals surface area contributed by atoms with Crippen molar-refractivity contribution < 1.29 is 19.7 Å². The fraction of sp³-hybridized carbons (Fsp3) is 0.364. The lowest BCUT2D eigenvalue weighted by Crippen LogP contribution is -2.11. The zero-order valence-electron chi connectivity index (χ0n) is 8.94. The van der Waals surface area contributed by atoms with Gasteiger partial charge in [-0.25, -0.2) is 4.79 Å². The number of benzene rings is 1. The molecule has 1 aromatic carbocycles. The number of rotatable bonds is 2. The van der Waals surface area contributed by atoms with E-state index in [1.807, 2.05) is 0 Å². The van der Waals surface area contributed by atoms with Gasteiger partial charge in [-0.1, -0.05) is 0 Å². The molecule has 0 saturated carbocycles. The smallest absolute Gasteiger partial charge is 0.338 e. The second-order valence-corrected chi connectivity index (χ2v) is 3.61. The van der Waals surface area contributed by atoms with Crippen LogP contribution in [0.5, 0.6) is 11.5 Å². The van der Waals surface area contributed by atoms with E-state index in [1.54, 1.807) is 20.8 Å². The van der Waals surface area contributed by atoms with Crippen molar-refractivity contribution in [2.45, 2.75) is 26.9 Å². The third-order valence-corrected chi connectivity index (χ3v) is 1.86. The van der Waals surface area contributed by atoms with E-state index in [-0.39, 0.29) is 23.2 Å². The maximum absolute atomic E-state index is 11.5. The lowest BCUT2D eigenvalue weighted by Gasteiger charge is -2.09. The normalized spacial score (nSPS) is 10.4. The molecule has 15 heavy (non-hydrogen) atoms. The largest absolute Gasteiger partial charge is 0.504 e. The summed E-state index contributed by atoms with van der Waals surface area (Å²) in [6.07, 6.45) is -0.214. The summed E-state index contributed by atoms with van der Waals surface area (Å²) in [4.78, 5) is 11.5. The molecule has 0 unspecified atom stereocenters. The Morgan fingerprint density at radius 1 is 1.33 bits per heavy atom. The lowest BCUT2D eigenvalue weighted by atomic mass is 10.1. The lowest BCUT2D eigenvalue weighted by molar-refractivity contribution is 0.0377. The topological polar surface area (TPSA) is 66.8 Å². The van der Waals surface area contributed by atoms with Crippen molar-refractivity contribution in [3.8, 4) is 11.5 Å². The van der Waals surface area contributed by atoms with Gasteiger partial charge in [-0.2, -0.15) is 0 Å². The molecule has 0 amide bonds. The molecule has 0 radical (unpaired) electrons. The van der Waals surface area contributed by atoms with E-state index < -0.39 is 5.97 Å². The highest BCUT2D eigenvalue weighted by molar-refractivity contribution is 5.90. The Kier molecular flexibility index (Phi) is 3.19. The van der Waals surface area contributed by atoms with Crippen LogP contribution in [0.15, 0.2) is 12.1 Å². The van der Waals surface area contributed by atoms with Gasteiger partial charge in [-0.15, -0.1) is 0 Å². The number of carbonyl (C=O) groups excluding carboxylic acids is 1. The van der Waals surface area contributed by atoms with Crippen LogP contribution in [-0.2, 0) is 4.74 Å². The molecule has 1 rings (SSSR count). The molecular formula is C11H14O4. The number of esters is 1. The minimum absolute atomic E-state index is 0.212. The summed E-state index contributed by atoms with van der Waals surface area (Å²) in [6, 6.07) is 2.66. The van der Waals surface area contributed by atoms with Crippen LogP contribution in [0.25, 0.3) is 0 Å². The molecule has 0 fully saturated rings. The first kappa shape index (κ1) is 11.4. The van der Waals surface area contributed by atoms with Gasteiger partial charge < -0.3 is 14.9 Å². The van der Waals surface area contributed by atoms with E-state index in [2.05, 4.69) is 0 Å². The highest BCUT2D eigenvalue weighted by atomic mass is 16.5. The van der Waals surface area contributed by atoms with Gasteiger partial charge in [-0.05, 0) is 38.5 Å². The summed E-state index contributed by atoms with van der Waals surface area (Å²) in [7, 11) is 0. The van der Waals surface area contributed by atoms with Gasteiger partial charge in [0.2, 0.25) is 0 Å². The molecule has 0 bridgehead atoms. The van der Waals surface area contributed by atoms with Gasteiger partial charge in [0, 0.05) is 0 Å². The molecule has 2 N–H and O–H groups in total. The van der Waals surface area contributed by atoms with Crippen molar-refractivity contribution in [3.05, 3.63) is 23.3 Å². The zero-order chi connectivity index (χ0) is 11.6. The van der Waals surface area contributed by atoms with Crippen molar-refractivity contribution in [2.24, 2.45) is 0 Å². The summed E-state index contributed by atoms with van der Waals surface area (Å²) < 4.78 is 4.95. The highest BCUT2D eigenvalue weighted by Gasteiger charge is 2.13. The third-order valence-electron chi connectivity index (χ3n) is 1.86. The van der Waals surface area contributed by atoms with E-state index in [4.69, 9.17) is 4.74 Å². The summed E-state index contributed by atoms with van der Waals surface area (Å²) in [5.74, 6) is -1.04. The fourth-order valence-electron chi connectivity index (χ4n) is 1.16. The first-order chi connectivity index (χ1) is 6.91. The van der Waals surface area contributed by atoms with Gasteiger partial charge in [0.05, 0.1) is 11.7 Å². The van der Waals surface area contributed by atoms with Crippen LogP contribution in [0.4, 0.5) is 0 Å². The number of hydrogen-bond acceptors (Lipinski definition) is 4. The molecule has 4 nitrogen and oxygen atoms in total. The molecule has 0 aliphatic carbocycles. The highest BCUT2D eigenvalue weighted by Crippen LogP contribution is 2.29. The van der Waals surface area contributed by atoms with Crippen LogP contribution in [0.2, 0.25) is 0 Å². The maximum Gasteiger partial charge on any atom is 0.338 e.